The molecule has 1 fully saturated rings. The van der Waals surface area contributed by atoms with Gasteiger partial charge in [-0.25, -0.2) is 0 Å². The summed E-state index contributed by atoms with van der Waals surface area (Å²) in [5.74, 6) is 0. The van der Waals surface area contributed by atoms with Crippen LogP contribution in [0.4, 0.5) is 0 Å². The van der Waals surface area contributed by atoms with E-state index < -0.39 is 0 Å². The van der Waals surface area contributed by atoms with Gasteiger partial charge < -0.3 is 4.74 Å². The van der Waals surface area contributed by atoms with Crippen LogP contribution in [-0.2, 0) is 4.74 Å². The summed E-state index contributed by atoms with van der Waals surface area (Å²) in [4.78, 5) is 0. The average Bonchev–Trinajstić information content (AvgIpc) is 2.48. The van der Waals surface area contributed by atoms with Gasteiger partial charge in [-0.05, 0) is 6.42 Å². The monoisotopic (exact) mass is 178 g/mol. The number of hydrogen-bond donors (Lipinski definition) is 0. The molecule has 0 N–H and O–H groups in total. The lowest BCUT2D eigenvalue weighted by Gasteiger charge is -1.83. The van der Waals surface area contributed by atoms with Gasteiger partial charge in [0.25, 0.3) is 0 Å². The van der Waals surface area contributed by atoms with Gasteiger partial charge >= 0.3 is 0 Å². The molecule has 0 aromatic carbocycles. The van der Waals surface area contributed by atoms with Crippen LogP contribution < -0.4 is 0 Å². The Kier molecular flexibility index (Phi) is 2.32. The van der Waals surface area contributed by atoms with Crippen LogP contribution in [-0.4, -0.2) is 17.5 Å². The molecular formula is C6H11BrO. The Morgan fingerprint density at radius 2 is 2.25 bits per heavy atom. The number of ether oxygens (including phenoxy) is 1. The van der Waals surface area contributed by atoms with Gasteiger partial charge in [-0.15, -0.1) is 0 Å². The summed E-state index contributed by atoms with van der Waals surface area (Å²) in [6.45, 7) is 2.19. The molecule has 1 nitrogen and oxygen atoms in total. The molecule has 2 atom stereocenters. The standard InChI is InChI=1S/C6H11BrO/c1-2-3-5-6(4-7)8-5/h5-6H,2-4H2,1H3. The van der Waals surface area contributed by atoms with E-state index in [9.17, 15) is 0 Å². The fraction of sp³-hybridized carbons (Fsp3) is 1.00. The molecule has 0 aromatic heterocycles. The zero-order valence-electron chi connectivity index (χ0n) is 5.06. The van der Waals surface area contributed by atoms with Crippen molar-refractivity contribution in [1.82, 2.24) is 0 Å². The van der Waals surface area contributed by atoms with E-state index in [0.29, 0.717) is 12.2 Å². The normalized spacial score (nSPS) is 35.2. The number of rotatable bonds is 3. The third-order valence-corrected chi connectivity index (χ3v) is 2.05. The van der Waals surface area contributed by atoms with Gasteiger partial charge in [0.15, 0.2) is 0 Å². The summed E-state index contributed by atoms with van der Waals surface area (Å²) < 4.78 is 5.26. The third-order valence-electron chi connectivity index (χ3n) is 1.41. The Labute approximate surface area is 58.5 Å². The molecule has 0 aromatic rings. The highest BCUT2D eigenvalue weighted by Gasteiger charge is 2.36. The molecule has 0 radical (unpaired) electrons. The van der Waals surface area contributed by atoms with E-state index in [1.165, 1.54) is 12.8 Å². The van der Waals surface area contributed by atoms with Crippen LogP contribution in [0.15, 0.2) is 0 Å². The van der Waals surface area contributed by atoms with Gasteiger partial charge in [0.2, 0.25) is 0 Å². The van der Waals surface area contributed by atoms with E-state index in [1.54, 1.807) is 0 Å². The fourth-order valence-corrected chi connectivity index (χ4v) is 1.42. The molecule has 48 valence electrons. The summed E-state index contributed by atoms with van der Waals surface area (Å²) in [5.41, 5.74) is 0. The van der Waals surface area contributed by atoms with Crippen molar-refractivity contribution >= 4 is 15.9 Å². The molecule has 0 saturated carbocycles. The quantitative estimate of drug-likeness (QED) is 0.476. The van der Waals surface area contributed by atoms with Crippen molar-refractivity contribution in [3.63, 3.8) is 0 Å². The second kappa shape index (κ2) is 2.83. The summed E-state index contributed by atoms with van der Waals surface area (Å²) >= 11 is 3.36. The van der Waals surface area contributed by atoms with Crippen molar-refractivity contribution in [2.75, 3.05) is 5.33 Å². The number of halogens is 1. The fourth-order valence-electron chi connectivity index (χ4n) is 0.853. The van der Waals surface area contributed by atoms with Crippen molar-refractivity contribution in [2.45, 2.75) is 32.0 Å². The summed E-state index contributed by atoms with van der Waals surface area (Å²) in [5, 5.41) is 1.01. The molecule has 1 aliphatic heterocycles. The minimum atomic E-state index is 0.537. The predicted octanol–water partition coefficient (Wildman–Crippen LogP) is 1.95. The van der Waals surface area contributed by atoms with Gasteiger partial charge in [0.1, 0.15) is 0 Å². The first kappa shape index (κ1) is 6.56. The summed E-state index contributed by atoms with van der Waals surface area (Å²) in [7, 11) is 0. The Morgan fingerprint density at radius 1 is 1.50 bits per heavy atom. The summed E-state index contributed by atoms with van der Waals surface area (Å²) in [6.07, 6.45) is 3.60. The molecule has 2 heteroatoms. The molecule has 0 aliphatic carbocycles. The van der Waals surface area contributed by atoms with Crippen molar-refractivity contribution in [1.29, 1.82) is 0 Å². The smallest absolute Gasteiger partial charge is 0.0938 e. The molecule has 0 spiro atoms. The molecular weight excluding hydrogens is 168 g/mol. The number of epoxide rings is 1. The van der Waals surface area contributed by atoms with Gasteiger partial charge in [0, 0.05) is 5.33 Å². The van der Waals surface area contributed by atoms with Crippen LogP contribution in [0, 0.1) is 0 Å². The zero-order valence-corrected chi connectivity index (χ0v) is 6.65. The van der Waals surface area contributed by atoms with E-state index in [1.807, 2.05) is 0 Å². The van der Waals surface area contributed by atoms with Crippen LogP contribution >= 0.6 is 15.9 Å². The minimum Gasteiger partial charge on any atom is -0.369 e. The van der Waals surface area contributed by atoms with E-state index in [4.69, 9.17) is 4.74 Å². The molecule has 0 bridgehead atoms. The average molecular weight is 179 g/mol. The first-order valence-corrected chi connectivity index (χ1v) is 4.22. The van der Waals surface area contributed by atoms with E-state index >= 15 is 0 Å². The first-order valence-electron chi connectivity index (χ1n) is 3.10. The van der Waals surface area contributed by atoms with Crippen LogP contribution in [0.25, 0.3) is 0 Å². The van der Waals surface area contributed by atoms with E-state index in [-0.39, 0.29) is 0 Å². The number of hydrogen-bond acceptors (Lipinski definition) is 1. The maximum absolute atomic E-state index is 5.26. The van der Waals surface area contributed by atoms with Crippen molar-refractivity contribution in [3.05, 3.63) is 0 Å². The Balaban J connectivity index is 1.99. The first-order chi connectivity index (χ1) is 3.88. The van der Waals surface area contributed by atoms with Crippen LogP contribution in [0.3, 0.4) is 0 Å². The van der Waals surface area contributed by atoms with Crippen molar-refractivity contribution < 1.29 is 4.74 Å². The molecule has 2 unspecified atom stereocenters. The van der Waals surface area contributed by atoms with Crippen molar-refractivity contribution in [3.8, 4) is 0 Å². The third kappa shape index (κ3) is 1.46. The van der Waals surface area contributed by atoms with E-state index in [2.05, 4.69) is 22.9 Å². The second-order valence-corrected chi connectivity index (χ2v) is 2.80. The highest BCUT2D eigenvalue weighted by Crippen LogP contribution is 2.27. The number of alkyl halides is 1. The maximum atomic E-state index is 5.26. The Hall–Kier alpha value is 0.440. The predicted molar refractivity (Wildman–Crippen MR) is 37.4 cm³/mol. The Bertz CT molecular complexity index is 74.9. The summed E-state index contributed by atoms with van der Waals surface area (Å²) in [6, 6.07) is 0. The Morgan fingerprint density at radius 3 is 2.62 bits per heavy atom. The van der Waals surface area contributed by atoms with Crippen LogP contribution in [0.1, 0.15) is 19.8 Å². The largest absolute Gasteiger partial charge is 0.369 e. The van der Waals surface area contributed by atoms with Crippen LogP contribution in [0.2, 0.25) is 0 Å². The lowest BCUT2D eigenvalue weighted by Crippen LogP contribution is -1.92. The lowest BCUT2D eigenvalue weighted by atomic mass is 10.2. The topological polar surface area (TPSA) is 12.5 Å². The van der Waals surface area contributed by atoms with Gasteiger partial charge in [-0.1, -0.05) is 29.3 Å². The van der Waals surface area contributed by atoms with Crippen molar-refractivity contribution in [2.24, 2.45) is 0 Å². The lowest BCUT2D eigenvalue weighted by molar-refractivity contribution is 0.371. The second-order valence-electron chi connectivity index (χ2n) is 2.16. The molecule has 1 aliphatic rings. The van der Waals surface area contributed by atoms with Gasteiger partial charge in [0.05, 0.1) is 12.2 Å². The molecule has 1 saturated heterocycles. The molecule has 1 heterocycles. The molecule has 0 amide bonds. The minimum absolute atomic E-state index is 0.537. The molecule has 1 rings (SSSR count). The van der Waals surface area contributed by atoms with Gasteiger partial charge in [-0.3, -0.25) is 0 Å². The highest BCUT2D eigenvalue weighted by molar-refractivity contribution is 9.09. The van der Waals surface area contributed by atoms with Crippen LogP contribution in [0.5, 0.6) is 0 Å². The SMILES string of the molecule is CCCC1OC1CBr. The molecule has 8 heavy (non-hydrogen) atoms. The maximum Gasteiger partial charge on any atom is 0.0938 e. The van der Waals surface area contributed by atoms with E-state index in [0.717, 1.165) is 5.33 Å². The highest BCUT2D eigenvalue weighted by atomic mass is 79.9. The van der Waals surface area contributed by atoms with Gasteiger partial charge in [-0.2, -0.15) is 0 Å². The zero-order chi connectivity index (χ0) is 5.98.